The fourth-order valence-corrected chi connectivity index (χ4v) is 2.35. The third kappa shape index (κ3) is 4.61. The Labute approximate surface area is 127 Å². The van der Waals surface area contributed by atoms with E-state index in [-0.39, 0.29) is 31.1 Å². The summed E-state index contributed by atoms with van der Waals surface area (Å²) in [7, 11) is 0. The molecular formula is C14H17ClN2O4. The highest BCUT2D eigenvalue weighted by Crippen LogP contribution is 2.29. The van der Waals surface area contributed by atoms with Gasteiger partial charge in [-0.3, -0.25) is 4.79 Å². The number of ether oxygens (including phenoxy) is 1. The van der Waals surface area contributed by atoms with Gasteiger partial charge in [0.25, 0.3) is 0 Å². The van der Waals surface area contributed by atoms with Crippen LogP contribution in [0, 0.1) is 0 Å². The van der Waals surface area contributed by atoms with Gasteiger partial charge in [0.1, 0.15) is 6.10 Å². The predicted octanol–water partition coefficient (Wildman–Crippen LogP) is 1.94. The minimum Gasteiger partial charge on any atom is -0.481 e. The Kier molecular flexibility index (Phi) is 5.41. The van der Waals surface area contributed by atoms with Crippen LogP contribution in [0.25, 0.3) is 0 Å². The summed E-state index contributed by atoms with van der Waals surface area (Å²) in [4.78, 5) is 22.1. The van der Waals surface area contributed by atoms with Crippen LogP contribution >= 0.6 is 11.6 Å². The third-order valence-electron chi connectivity index (χ3n) is 3.23. The predicted molar refractivity (Wildman–Crippen MR) is 77.3 cm³/mol. The Morgan fingerprint density at radius 1 is 1.33 bits per heavy atom. The van der Waals surface area contributed by atoms with Gasteiger partial charge in [-0.05, 0) is 24.1 Å². The van der Waals surface area contributed by atoms with Gasteiger partial charge in [0.15, 0.2) is 0 Å². The van der Waals surface area contributed by atoms with Gasteiger partial charge in [-0.1, -0.05) is 23.7 Å². The number of urea groups is 1. The first-order valence-corrected chi connectivity index (χ1v) is 7.07. The van der Waals surface area contributed by atoms with Crippen LogP contribution in [0.3, 0.4) is 0 Å². The molecule has 0 saturated carbocycles. The third-order valence-corrected chi connectivity index (χ3v) is 3.48. The summed E-state index contributed by atoms with van der Waals surface area (Å²) >= 11 is 5.85. The van der Waals surface area contributed by atoms with E-state index in [1.807, 2.05) is 12.1 Å². The molecule has 1 heterocycles. The Morgan fingerprint density at radius 3 is 2.71 bits per heavy atom. The van der Waals surface area contributed by atoms with Gasteiger partial charge in [0, 0.05) is 18.2 Å². The quantitative estimate of drug-likeness (QED) is 0.775. The van der Waals surface area contributed by atoms with E-state index in [9.17, 15) is 9.59 Å². The van der Waals surface area contributed by atoms with Crippen LogP contribution in [0.5, 0.6) is 0 Å². The van der Waals surface area contributed by atoms with Crippen molar-refractivity contribution in [1.29, 1.82) is 0 Å². The molecule has 0 radical (unpaired) electrons. The average Bonchev–Trinajstić information content (AvgIpc) is 2.87. The van der Waals surface area contributed by atoms with Crippen LogP contribution in [-0.4, -0.2) is 36.3 Å². The van der Waals surface area contributed by atoms with Crippen molar-refractivity contribution in [1.82, 2.24) is 10.6 Å². The number of nitrogens with one attached hydrogen (secondary N) is 2. The number of carboxylic acids is 1. The highest BCUT2D eigenvalue weighted by atomic mass is 35.5. The lowest BCUT2D eigenvalue weighted by Crippen LogP contribution is -2.43. The van der Waals surface area contributed by atoms with Crippen LogP contribution in [0.15, 0.2) is 24.3 Å². The zero-order valence-corrected chi connectivity index (χ0v) is 12.1. The molecule has 1 fully saturated rings. The maximum atomic E-state index is 11.7. The van der Waals surface area contributed by atoms with Gasteiger partial charge in [0.05, 0.1) is 12.5 Å². The summed E-state index contributed by atoms with van der Waals surface area (Å²) in [5.74, 6) is -0.946. The minimum absolute atomic E-state index is 0.0976. The number of benzene rings is 1. The first kappa shape index (κ1) is 15.6. The fourth-order valence-electron chi connectivity index (χ4n) is 2.22. The molecule has 1 aliphatic heterocycles. The normalized spacial score (nSPS) is 21.0. The molecule has 21 heavy (non-hydrogen) atoms. The highest BCUT2D eigenvalue weighted by molar-refractivity contribution is 6.30. The highest BCUT2D eigenvalue weighted by Gasteiger charge is 2.30. The summed E-state index contributed by atoms with van der Waals surface area (Å²) in [5, 5.41) is 14.5. The summed E-state index contributed by atoms with van der Waals surface area (Å²) in [6, 6.07) is 6.78. The number of amides is 2. The van der Waals surface area contributed by atoms with Gasteiger partial charge >= 0.3 is 12.0 Å². The van der Waals surface area contributed by atoms with Crippen molar-refractivity contribution in [2.45, 2.75) is 25.0 Å². The molecule has 0 aliphatic carbocycles. The van der Waals surface area contributed by atoms with Crippen LogP contribution < -0.4 is 10.6 Å². The molecule has 1 aliphatic rings. The number of hydrogen-bond donors (Lipinski definition) is 3. The van der Waals surface area contributed by atoms with E-state index in [1.54, 1.807) is 12.1 Å². The Hall–Kier alpha value is -1.79. The molecule has 1 aromatic rings. The van der Waals surface area contributed by atoms with Crippen LogP contribution in [0.4, 0.5) is 4.79 Å². The van der Waals surface area contributed by atoms with Crippen LogP contribution in [-0.2, 0) is 9.53 Å². The number of carboxylic acid groups (broad SMARTS) is 1. The van der Waals surface area contributed by atoms with Gasteiger partial charge < -0.3 is 20.5 Å². The van der Waals surface area contributed by atoms with Gasteiger partial charge in [-0.25, -0.2) is 4.79 Å². The number of carbonyl (C=O) groups excluding carboxylic acids is 1. The lowest BCUT2D eigenvalue weighted by molar-refractivity contribution is -0.136. The second-order valence-corrected chi connectivity index (χ2v) is 5.22. The monoisotopic (exact) mass is 312 g/mol. The molecule has 2 amide bonds. The minimum atomic E-state index is -0.946. The first-order valence-electron chi connectivity index (χ1n) is 6.69. The van der Waals surface area contributed by atoms with E-state index in [1.165, 1.54) is 0 Å². The zero-order valence-electron chi connectivity index (χ0n) is 11.3. The van der Waals surface area contributed by atoms with Crippen molar-refractivity contribution in [3.63, 3.8) is 0 Å². The molecular weight excluding hydrogens is 296 g/mol. The number of aliphatic carboxylic acids is 1. The Bertz CT molecular complexity index is 506. The lowest BCUT2D eigenvalue weighted by Gasteiger charge is -2.20. The van der Waals surface area contributed by atoms with E-state index in [2.05, 4.69) is 10.6 Å². The average molecular weight is 313 g/mol. The largest absolute Gasteiger partial charge is 0.481 e. The maximum Gasteiger partial charge on any atom is 0.315 e. The molecule has 2 unspecified atom stereocenters. The molecule has 1 aromatic carbocycles. The lowest BCUT2D eigenvalue weighted by atomic mass is 10.0. The van der Waals surface area contributed by atoms with Crippen molar-refractivity contribution in [2.24, 2.45) is 0 Å². The van der Waals surface area contributed by atoms with Crippen LogP contribution in [0.1, 0.15) is 24.5 Å². The number of carbonyl (C=O) groups is 2. The zero-order chi connectivity index (χ0) is 15.2. The smallest absolute Gasteiger partial charge is 0.315 e. The first-order chi connectivity index (χ1) is 10.1. The van der Waals surface area contributed by atoms with Crippen molar-refractivity contribution >= 4 is 23.6 Å². The van der Waals surface area contributed by atoms with Gasteiger partial charge in [-0.2, -0.15) is 0 Å². The summed E-state index contributed by atoms with van der Waals surface area (Å²) in [6.07, 6.45) is 0.391. The molecule has 3 N–H and O–H groups in total. The summed E-state index contributed by atoms with van der Waals surface area (Å²) in [5.41, 5.74) is 0.952. The van der Waals surface area contributed by atoms with E-state index < -0.39 is 5.97 Å². The molecule has 114 valence electrons. The molecule has 2 atom stereocenters. The van der Waals surface area contributed by atoms with E-state index in [4.69, 9.17) is 21.4 Å². The number of rotatable bonds is 5. The van der Waals surface area contributed by atoms with Gasteiger partial charge in [0.2, 0.25) is 0 Å². The molecule has 6 nitrogen and oxygen atoms in total. The van der Waals surface area contributed by atoms with E-state index in [0.29, 0.717) is 18.1 Å². The van der Waals surface area contributed by atoms with Crippen LogP contribution in [0.2, 0.25) is 5.02 Å². The fraction of sp³-hybridized carbons (Fsp3) is 0.429. The summed E-state index contributed by atoms with van der Waals surface area (Å²) in [6.45, 7) is 0.660. The molecule has 7 heteroatoms. The second-order valence-electron chi connectivity index (χ2n) is 4.78. The molecule has 0 aromatic heterocycles. The van der Waals surface area contributed by atoms with Gasteiger partial charge in [-0.15, -0.1) is 0 Å². The Morgan fingerprint density at radius 2 is 2.05 bits per heavy atom. The molecule has 0 spiro atoms. The van der Waals surface area contributed by atoms with Crippen molar-refractivity contribution in [3.05, 3.63) is 34.9 Å². The van der Waals surface area contributed by atoms with E-state index >= 15 is 0 Å². The Balaban J connectivity index is 1.88. The molecule has 2 rings (SSSR count). The van der Waals surface area contributed by atoms with Crippen molar-refractivity contribution < 1.29 is 19.4 Å². The molecule has 1 saturated heterocycles. The molecule has 0 bridgehead atoms. The van der Waals surface area contributed by atoms with E-state index in [0.717, 1.165) is 5.56 Å². The standard InChI is InChI=1S/C14H17ClN2O4/c15-10-3-1-9(2-4-10)13-11(6-8-21-13)17-14(20)16-7-5-12(18)19/h1-4,11,13H,5-8H2,(H,18,19)(H2,16,17,20). The topological polar surface area (TPSA) is 87.7 Å². The maximum absolute atomic E-state index is 11.7. The number of halogens is 1. The summed E-state index contributed by atoms with van der Waals surface area (Å²) < 4.78 is 5.66. The van der Waals surface area contributed by atoms with Crippen molar-refractivity contribution in [3.8, 4) is 0 Å². The van der Waals surface area contributed by atoms with Crippen molar-refractivity contribution in [2.75, 3.05) is 13.2 Å². The SMILES string of the molecule is O=C(O)CCNC(=O)NC1CCOC1c1ccc(Cl)cc1. The number of hydrogen-bond acceptors (Lipinski definition) is 3. The second kappa shape index (κ2) is 7.28.